The third-order valence-electron chi connectivity index (χ3n) is 2.45. The minimum Gasteiger partial charge on any atom is -0.328 e. The Bertz CT molecular complexity index is 124. The molecule has 0 amide bonds. The first kappa shape index (κ1) is 7.73. The van der Waals surface area contributed by atoms with Crippen LogP contribution in [-0.2, 0) is 4.79 Å². The molecule has 2 nitrogen and oxygen atoms in total. The fourth-order valence-corrected chi connectivity index (χ4v) is 1.66. The SMILES string of the molecule is CC1CC(N)CCC1C=O. The van der Waals surface area contributed by atoms with Gasteiger partial charge in [-0.1, -0.05) is 6.92 Å². The minimum atomic E-state index is 0.278. The van der Waals surface area contributed by atoms with Crippen LogP contribution in [0.1, 0.15) is 26.2 Å². The Morgan fingerprint density at radius 2 is 2.20 bits per heavy atom. The molecule has 1 fully saturated rings. The molecular weight excluding hydrogens is 126 g/mol. The predicted octanol–water partition coefficient (Wildman–Crippen LogP) is 0.949. The third-order valence-corrected chi connectivity index (χ3v) is 2.45. The Morgan fingerprint density at radius 3 is 2.70 bits per heavy atom. The van der Waals surface area contributed by atoms with Gasteiger partial charge in [-0.05, 0) is 25.2 Å². The lowest BCUT2D eigenvalue weighted by atomic mass is 9.79. The number of rotatable bonds is 1. The topological polar surface area (TPSA) is 43.1 Å². The minimum absolute atomic E-state index is 0.278. The molecule has 1 aliphatic carbocycles. The third kappa shape index (κ3) is 1.57. The molecule has 0 radical (unpaired) electrons. The molecule has 3 atom stereocenters. The van der Waals surface area contributed by atoms with E-state index in [1.54, 1.807) is 0 Å². The molecule has 0 spiro atoms. The number of aldehydes is 1. The Hall–Kier alpha value is -0.370. The van der Waals surface area contributed by atoms with E-state index in [1.807, 2.05) is 0 Å². The number of carbonyl (C=O) groups excluding carboxylic acids is 1. The average molecular weight is 141 g/mol. The second-order valence-electron chi connectivity index (χ2n) is 3.35. The van der Waals surface area contributed by atoms with Crippen molar-refractivity contribution in [1.82, 2.24) is 0 Å². The van der Waals surface area contributed by atoms with Gasteiger partial charge in [0, 0.05) is 12.0 Å². The summed E-state index contributed by atoms with van der Waals surface area (Å²) in [6, 6.07) is 0.339. The molecule has 0 heterocycles. The van der Waals surface area contributed by atoms with Crippen LogP contribution in [0, 0.1) is 11.8 Å². The standard InChI is InChI=1S/C8H15NO/c1-6-4-8(9)3-2-7(6)5-10/h5-8H,2-4,9H2,1H3. The molecule has 0 aromatic rings. The normalized spacial score (nSPS) is 41.2. The van der Waals surface area contributed by atoms with Crippen LogP contribution >= 0.6 is 0 Å². The van der Waals surface area contributed by atoms with Crippen LogP contribution in [0.2, 0.25) is 0 Å². The number of nitrogens with two attached hydrogens (primary N) is 1. The van der Waals surface area contributed by atoms with E-state index in [0.29, 0.717) is 12.0 Å². The van der Waals surface area contributed by atoms with Crippen LogP contribution in [0.15, 0.2) is 0 Å². The maximum Gasteiger partial charge on any atom is 0.123 e. The molecule has 1 saturated carbocycles. The van der Waals surface area contributed by atoms with Crippen molar-refractivity contribution in [1.29, 1.82) is 0 Å². The van der Waals surface area contributed by atoms with E-state index in [1.165, 1.54) is 0 Å². The van der Waals surface area contributed by atoms with Crippen LogP contribution in [0.25, 0.3) is 0 Å². The fraction of sp³-hybridized carbons (Fsp3) is 0.875. The summed E-state index contributed by atoms with van der Waals surface area (Å²) in [5, 5.41) is 0. The highest BCUT2D eigenvalue weighted by Crippen LogP contribution is 2.26. The van der Waals surface area contributed by atoms with Crippen LogP contribution in [0.3, 0.4) is 0 Å². The van der Waals surface area contributed by atoms with E-state index in [-0.39, 0.29) is 5.92 Å². The molecule has 3 unspecified atom stereocenters. The maximum atomic E-state index is 10.4. The largest absolute Gasteiger partial charge is 0.328 e. The fourth-order valence-electron chi connectivity index (χ4n) is 1.66. The molecule has 0 saturated heterocycles. The van der Waals surface area contributed by atoms with Gasteiger partial charge in [-0.25, -0.2) is 0 Å². The molecule has 2 N–H and O–H groups in total. The number of hydrogen-bond donors (Lipinski definition) is 1. The second-order valence-corrected chi connectivity index (χ2v) is 3.35. The molecule has 2 heteroatoms. The van der Waals surface area contributed by atoms with Crippen molar-refractivity contribution in [3.8, 4) is 0 Å². The average Bonchev–Trinajstić information content (AvgIpc) is 1.88. The summed E-state index contributed by atoms with van der Waals surface area (Å²) in [5.41, 5.74) is 5.73. The highest BCUT2D eigenvalue weighted by atomic mass is 16.1. The first-order chi connectivity index (χ1) is 4.74. The highest BCUT2D eigenvalue weighted by Gasteiger charge is 2.24. The van der Waals surface area contributed by atoms with Gasteiger partial charge in [-0.3, -0.25) is 0 Å². The van der Waals surface area contributed by atoms with Gasteiger partial charge in [0.1, 0.15) is 6.29 Å². The summed E-state index contributed by atoms with van der Waals surface area (Å²) in [7, 11) is 0. The Morgan fingerprint density at radius 1 is 1.50 bits per heavy atom. The summed E-state index contributed by atoms with van der Waals surface area (Å²) >= 11 is 0. The summed E-state index contributed by atoms with van der Waals surface area (Å²) in [6.07, 6.45) is 4.11. The predicted molar refractivity (Wildman–Crippen MR) is 40.5 cm³/mol. The second kappa shape index (κ2) is 3.15. The molecular formula is C8H15NO. The summed E-state index contributed by atoms with van der Waals surface area (Å²) in [6.45, 7) is 2.11. The molecule has 0 aromatic heterocycles. The molecule has 0 aliphatic heterocycles. The summed E-state index contributed by atoms with van der Waals surface area (Å²) < 4.78 is 0. The molecule has 58 valence electrons. The zero-order valence-electron chi connectivity index (χ0n) is 6.42. The van der Waals surface area contributed by atoms with E-state index in [4.69, 9.17) is 5.73 Å². The van der Waals surface area contributed by atoms with Crippen molar-refractivity contribution in [2.24, 2.45) is 17.6 Å². The van der Waals surface area contributed by atoms with Crippen molar-refractivity contribution in [3.63, 3.8) is 0 Å². The summed E-state index contributed by atoms with van der Waals surface area (Å²) in [4.78, 5) is 10.4. The Balaban J connectivity index is 2.43. The van der Waals surface area contributed by atoms with E-state index in [9.17, 15) is 4.79 Å². The number of carbonyl (C=O) groups is 1. The van der Waals surface area contributed by atoms with Crippen molar-refractivity contribution >= 4 is 6.29 Å². The van der Waals surface area contributed by atoms with Crippen LogP contribution < -0.4 is 5.73 Å². The van der Waals surface area contributed by atoms with Crippen LogP contribution in [-0.4, -0.2) is 12.3 Å². The lowest BCUT2D eigenvalue weighted by molar-refractivity contribution is -0.113. The van der Waals surface area contributed by atoms with Gasteiger partial charge in [0.05, 0.1) is 0 Å². The van der Waals surface area contributed by atoms with Gasteiger partial charge in [0.15, 0.2) is 0 Å². The number of hydrogen-bond acceptors (Lipinski definition) is 2. The molecule has 0 aromatic carbocycles. The van der Waals surface area contributed by atoms with Crippen molar-refractivity contribution in [2.45, 2.75) is 32.2 Å². The zero-order valence-corrected chi connectivity index (χ0v) is 6.42. The lowest BCUT2D eigenvalue weighted by Gasteiger charge is -2.28. The monoisotopic (exact) mass is 141 g/mol. The first-order valence-electron chi connectivity index (χ1n) is 3.95. The molecule has 10 heavy (non-hydrogen) atoms. The van der Waals surface area contributed by atoms with Crippen LogP contribution in [0.5, 0.6) is 0 Å². The molecule has 1 aliphatic rings. The van der Waals surface area contributed by atoms with E-state index in [2.05, 4.69) is 6.92 Å². The van der Waals surface area contributed by atoms with Gasteiger partial charge in [-0.15, -0.1) is 0 Å². The quantitative estimate of drug-likeness (QED) is 0.552. The van der Waals surface area contributed by atoms with E-state index >= 15 is 0 Å². The van der Waals surface area contributed by atoms with Crippen molar-refractivity contribution in [2.75, 3.05) is 0 Å². The Kier molecular flexibility index (Phi) is 2.44. The lowest BCUT2D eigenvalue weighted by Crippen LogP contribution is -2.32. The van der Waals surface area contributed by atoms with Gasteiger partial charge < -0.3 is 10.5 Å². The van der Waals surface area contributed by atoms with Gasteiger partial charge in [0.2, 0.25) is 0 Å². The van der Waals surface area contributed by atoms with E-state index < -0.39 is 0 Å². The Labute approximate surface area is 61.8 Å². The first-order valence-corrected chi connectivity index (χ1v) is 3.95. The van der Waals surface area contributed by atoms with E-state index in [0.717, 1.165) is 25.5 Å². The smallest absolute Gasteiger partial charge is 0.123 e. The van der Waals surface area contributed by atoms with Gasteiger partial charge >= 0.3 is 0 Å². The van der Waals surface area contributed by atoms with Crippen molar-refractivity contribution < 1.29 is 4.79 Å². The zero-order chi connectivity index (χ0) is 7.56. The molecule has 1 rings (SSSR count). The van der Waals surface area contributed by atoms with Crippen LogP contribution in [0.4, 0.5) is 0 Å². The molecule has 0 bridgehead atoms. The van der Waals surface area contributed by atoms with Gasteiger partial charge in [-0.2, -0.15) is 0 Å². The highest BCUT2D eigenvalue weighted by molar-refractivity contribution is 5.54. The van der Waals surface area contributed by atoms with Crippen molar-refractivity contribution in [3.05, 3.63) is 0 Å². The maximum absolute atomic E-state index is 10.4. The van der Waals surface area contributed by atoms with Gasteiger partial charge in [0.25, 0.3) is 0 Å². The summed E-state index contributed by atoms with van der Waals surface area (Å²) in [5.74, 6) is 0.779.